The van der Waals surface area contributed by atoms with Gasteiger partial charge in [0, 0.05) is 0 Å². The number of rotatable bonds is 7. The quantitative estimate of drug-likeness (QED) is 0.283. The Hall–Kier alpha value is -2.26. The summed E-state index contributed by atoms with van der Waals surface area (Å²) >= 11 is 6.78. The molecule has 5 rings (SSSR count). The van der Waals surface area contributed by atoms with Crippen LogP contribution in [0.3, 0.4) is 0 Å². The van der Waals surface area contributed by atoms with Crippen molar-refractivity contribution >= 4 is 28.4 Å². The SMILES string of the molecule is CSC(=S)O[C@H]1[C@@H](COC(c2ccccc2)(c2ccccc2)c2ccccc2)OC2OC(C)(C)O[C@@H]21. The van der Waals surface area contributed by atoms with Crippen molar-refractivity contribution in [3.05, 3.63) is 108 Å². The average molecular weight is 523 g/mol. The molecule has 3 aromatic carbocycles. The number of fused-ring (bicyclic) bond motifs is 1. The van der Waals surface area contributed by atoms with E-state index in [1.807, 2.05) is 74.7 Å². The molecule has 4 atom stereocenters. The molecule has 7 heteroatoms. The van der Waals surface area contributed by atoms with Crippen molar-refractivity contribution in [2.45, 2.75) is 49.8 Å². The monoisotopic (exact) mass is 522 g/mol. The Morgan fingerprint density at radius 2 is 1.36 bits per heavy atom. The van der Waals surface area contributed by atoms with Crippen molar-refractivity contribution < 1.29 is 23.7 Å². The van der Waals surface area contributed by atoms with E-state index in [0.717, 1.165) is 16.7 Å². The van der Waals surface area contributed by atoms with Gasteiger partial charge in [0.15, 0.2) is 24.3 Å². The summed E-state index contributed by atoms with van der Waals surface area (Å²) in [5.41, 5.74) is 2.19. The fraction of sp³-hybridized carbons (Fsp3) is 0.345. The van der Waals surface area contributed by atoms with Crippen LogP contribution in [0, 0.1) is 0 Å². The lowest BCUT2D eigenvalue weighted by molar-refractivity contribution is -0.221. The van der Waals surface area contributed by atoms with Gasteiger partial charge in [-0.25, -0.2) is 0 Å². The van der Waals surface area contributed by atoms with Crippen LogP contribution in [0.4, 0.5) is 0 Å². The summed E-state index contributed by atoms with van der Waals surface area (Å²) in [4.78, 5) is 0. The summed E-state index contributed by atoms with van der Waals surface area (Å²) < 4.78 is 32.0. The molecule has 0 bridgehead atoms. The van der Waals surface area contributed by atoms with Gasteiger partial charge in [0.2, 0.25) is 4.38 Å². The Labute approximate surface area is 222 Å². The highest BCUT2D eigenvalue weighted by molar-refractivity contribution is 8.22. The second kappa shape index (κ2) is 10.6. The van der Waals surface area contributed by atoms with E-state index in [2.05, 4.69) is 36.4 Å². The standard InChI is InChI=1S/C29H30O5S2/c1-28(2)33-25-24(32-27(35)36-3)23(31-26(25)34-28)19-30-29(20-13-7-4-8-14-20,21-15-9-5-10-16-21)22-17-11-6-12-18-22/h4-18,23-26H,19H2,1-3H3/t23-,24+,25-,26?/m1/s1. The molecule has 0 aromatic heterocycles. The van der Waals surface area contributed by atoms with Crippen LogP contribution in [-0.2, 0) is 29.3 Å². The van der Waals surface area contributed by atoms with Crippen molar-refractivity contribution in [3.8, 4) is 0 Å². The number of hydrogen-bond acceptors (Lipinski definition) is 7. The van der Waals surface area contributed by atoms with Crippen molar-refractivity contribution in [1.29, 1.82) is 0 Å². The van der Waals surface area contributed by atoms with Gasteiger partial charge in [-0.3, -0.25) is 0 Å². The van der Waals surface area contributed by atoms with Crippen molar-refractivity contribution in [2.24, 2.45) is 0 Å². The average Bonchev–Trinajstić information content (AvgIpc) is 3.37. The predicted octanol–water partition coefficient (Wildman–Crippen LogP) is 5.90. The van der Waals surface area contributed by atoms with E-state index in [9.17, 15) is 0 Å². The number of hydrogen-bond donors (Lipinski definition) is 0. The van der Waals surface area contributed by atoms with E-state index < -0.39 is 36.0 Å². The molecule has 2 aliphatic rings. The van der Waals surface area contributed by atoms with E-state index in [-0.39, 0.29) is 6.61 Å². The highest BCUT2D eigenvalue weighted by atomic mass is 32.2. The lowest BCUT2D eigenvalue weighted by Crippen LogP contribution is -2.42. The molecule has 2 saturated heterocycles. The molecule has 0 aliphatic carbocycles. The van der Waals surface area contributed by atoms with Crippen LogP contribution in [0.5, 0.6) is 0 Å². The molecule has 0 radical (unpaired) electrons. The third kappa shape index (κ3) is 4.96. The van der Waals surface area contributed by atoms with Gasteiger partial charge in [-0.2, -0.15) is 0 Å². The maximum absolute atomic E-state index is 6.97. The zero-order chi connectivity index (χ0) is 25.2. The van der Waals surface area contributed by atoms with Crippen LogP contribution in [0.1, 0.15) is 30.5 Å². The molecule has 3 aromatic rings. The highest BCUT2D eigenvalue weighted by Crippen LogP contribution is 2.43. The van der Waals surface area contributed by atoms with Crippen molar-refractivity contribution in [1.82, 2.24) is 0 Å². The van der Waals surface area contributed by atoms with Gasteiger partial charge >= 0.3 is 0 Å². The molecule has 0 saturated carbocycles. The lowest BCUT2D eigenvalue weighted by atomic mass is 9.80. The summed E-state index contributed by atoms with van der Waals surface area (Å²) in [7, 11) is 0. The van der Waals surface area contributed by atoms with Gasteiger partial charge in [-0.05, 0) is 49.0 Å². The zero-order valence-electron chi connectivity index (χ0n) is 20.5. The molecule has 0 amide bonds. The number of ether oxygens (including phenoxy) is 5. The molecule has 0 spiro atoms. The summed E-state index contributed by atoms with van der Waals surface area (Å²) in [6.45, 7) is 3.98. The molecular formula is C29H30O5S2. The van der Waals surface area contributed by atoms with E-state index in [0.29, 0.717) is 4.38 Å². The van der Waals surface area contributed by atoms with Gasteiger partial charge in [0.1, 0.15) is 11.7 Å². The van der Waals surface area contributed by atoms with E-state index >= 15 is 0 Å². The molecule has 2 heterocycles. The first-order valence-corrected chi connectivity index (χ1v) is 13.6. The minimum atomic E-state index is -0.865. The Morgan fingerprint density at radius 3 is 1.83 bits per heavy atom. The van der Waals surface area contributed by atoms with Crippen molar-refractivity contribution in [3.63, 3.8) is 0 Å². The van der Waals surface area contributed by atoms with Crippen LogP contribution in [0.15, 0.2) is 91.0 Å². The maximum Gasteiger partial charge on any atom is 0.220 e. The lowest BCUT2D eigenvalue weighted by Gasteiger charge is -2.37. The van der Waals surface area contributed by atoms with Gasteiger partial charge in [0.05, 0.1) is 6.61 Å². The first-order chi connectivity index (χ1) is 17.4. The molecule has 0 N–H and O–H groups in total. The summed E-state index contributed by atoms with van der Waals surface area (Å²) in [6.07, 6.45) is 0.0250. The number of thiocarbonyl (C=S) groups is 1. The molecule has 188 valence electrons. The zero-order valence-corrected chi connectivity index (χ0v) is 22.2. The van der Waals surface area contributed by atoms with Gasteiger partial charge in [-0.1, -0.05) is 103 Å². The maximum atomic E-state index is 6.97. The van der Waals surface area contributed by atoms with Crippen molar-refractivity contribution in [2.75, 3.05) is 12.9 Å². The van der Waals surface area contributed by atoms with Crippen LogP contribution in [0.25, 0.3) is 0 Å². The van der Waals surface area contributed by atoms with E-state index in [1.165, 1.54) is 11.8 Å². The van der Waals surface area contributed by atoms with Gasteiger partial charge < -0.3 is 23.7 Å². The number of thioether (sulfide) groups is 1. The third-order valence-electron chi connectivity index (χ3n) is 6.49. The molecule has 2 fully saturated rings. The fourth-order valence-corrected chi connectivity index (χ4v) is 5.28. The van der Waals surface area contributed by atoms with Crippen LogP contribution in [0.2, 0.25) is 0 Å². The summed E-state index contributed by atoms with van der Waals surface area (Å²) in [6, 6.07) is 30.8. The van der Waals surface area contributed by atoms with Crippen LogP contribution in [-0.4, -0.2) is 47.6 Å². The highest BCUT2D eigenvalue weighted by Gasteiger charge is 2.57. The number of benzene rings is 3. The molecular weight excluding hydrogens is 492 g/mol. The van der Waals surface area contributed by atoms with E-state index in [4.69, 9.17) is 35.9 Å². The molecule has 5 nitrogen and oxygen atoms in total. The largest absolute Gasteiger partial charge is 0.469 e. The second-order valence-electron chi connectivity index (χ2n) is 9.27. The molecule has 2 aliphatic heterocycles. The fourth-order valence-electron chi connectivity index (χ4n) is 4.96. The van der Waals surface area contributed by atoms with E-state index in [1.54, 1.807) is 0 Å². The Kier molecular flexibility index (Phi) is 7.49. The second-order valence-corrected chi connectivity index (χ2v) is 10.7. The Bertz CT molecular complexity index is 1060. The summed E-state index contributed by atoms with van der Waals surface area (Å²) in [5.74, 6) is -0.758. The van der Waals surface area contributed by atoms with Gasteiger partial charge in [0.25, 0.3) is 0 Å². The minimum Gasteiger partial charge on any atom is -0.469 e. The minimum absolute atomic E-state index is 0.237. The Morgan fingerprint density at radius 1 is 0.861 bits per heavy atom. The topological polar surface area (TPSA) is 46.2 Å². The summed E-state index contributed by atoms with van der Waals surface area (Å²) in [5, 5.41) is 0. The normalized spacial score (nSPS) is 24.9. The van der Waals surface area contributed by atoms with Crippen LogP contribution >= 0.6 is 24.0 Å². The van der Waals surface area contributed by atoms with Gasteiger partial charge in [-0.15, -0.1) is 0 Å². The third-order valence-corrected chi connectivity index (χ3v) is 7.52. The first kappa shape index (κ1) is 25.4. The first-order valence-electron chi connectivity index (χ1n) is 12.0. The molecule has 1 unspecified atom stereocenters. The van der Waals surface area contributed by atoms with Crippen LogP contribution < -0.4 is 0 Å². The predicted molar refractivity (Wildman–Crippen MR) is 145 cm³/mol. The smallest absolute Gasteiger partial charge is 0.220 e. The Balaban J connectivity index is 1.52. The molecule has 36 heavy (non-hydrogen) atoms.